The van der Waals surface area contributed by atoms with Crippen molar-refractivity contribution in [2.45, 2.75) is 13.0 Å². The van der Waals surface area contributed by atoms with Crippen molar-refractivity contribution in [3.8, 4) is 5.75 Å². The van der Waals surface area contributed by atoms with Gasteiger partial charge in [0.05, 0.1) is 31.0 Å². The highest BCUT2D eigenvalue weighted by Gasteiger charge is 2.37. The number of piperazine rings is 1. The fourth-order valence-electron chi connectivity index (χ4n) is 4.51. The van der Waals surface area contributed by atoms with Gasteiger partial charge < -0.3 is 19.7 Å². The summed E-state index contributed by atoms with van der Waals surface area (Å²) in [5, 5.41) is 2.93. The lowest BCUT2D eigenvalue weighted by Crippen LogP contribution is -2.52. The van der Waals surface area contributed by atoms with Crippen LogP contribution in [0.1, 0.15) is 18.5 Å². The van der Waals surface area contributed by atoms with Crippen molar-refractivity contribution in [3.63, 3.8) is 0 Å². The van der Waals surface area contributed by atoms with E-state index in [1.165, 1.54) is 11.0 Å². The molecule has 186 valence electrons. The maximum absolute atomic E-state index is 14.2. The number of carbonyl (C=O) groups is 2. The van der Waals surface area contributed by atoms with Gasteiger partial charge in [0.2, 0.25) is 0 Å². The van der Waals surface area contributed by atoms with Gasteiger partial charge in [-0.2, -0.15) is 0 Å². The Kier molecular flexibility index (Phi) is 7.55. The third-order valence-electron chi connectivity index (χ3n) is 6.46. The maximum Gasteiger partial charge on any atom is 0.338 e. The van der Waals surface area contributed by atoms with Crippen LogP contribution in [0.15, 0.2) is 59.8 Å². The van der Waals surface area contributed by atoms with Crippen LogP contribution in [0.5, 0.6) is 5.75 Å². The average molecular weight is 483 g/mol. The monoisotopic (exact) mass is 482 g/mol. The van der Waals surface area contributed by atoms with Gasteiger partial charge in [-0.05, 0) is 36.8 Å². The van der Waals surface area contributed by atoms with Crippen molar-refractivity contribution in [1.29, 1.82) is 0 Å². The second-order valence-electron chi connectivity index (χ2n) is 8.51. The van der Waals surface area contributed by atoms with Crippen LogP contribution in [0.25, 0.3) is 0 Å². The fraction of sp³-hybridized carbons (Fsp3) is 0.385. The topological polar surface area (TPSA) is 74.4 Å². The SMILES string of the molecule is CCOC(=O)C1=C(CN2CCN(c3ccccc3F)CC2)N(C)C(=O)NC1c1ccc(OC)cc1. The molecule has 1 atom stereocenters. The number of halogens is 1. The van der Waals surface area contributed by atoms with Crippen LogP contribution in [-0.2, 0) is 9.53 Å². The summed E-state index contributed by atoms with van der Waals surface area (Å²) < 4.78 is 24.9. The molecule has 1 unspecified atom stereocenters. The molecule has 8 nitrogen and oxygen atoms in total. The van der Waals surface area contributed by atoms with Crippen molar-refractivity contribution >= 4 is 17.7 Å². The Morgan fingerprint density at radius 1 is 1.09 bits per heavy atom. The summed E-state index contributed by atoms with van der Waals surface area (Å²) >= 11 is 0. The van der Waals surface area contributed by atoms with Crippen LogP contribution >= 0.6 is 0 Å². The van der Waals surface area contributed by atoms with E-state index in [2.05, 4.69) is 10.2 Å². The summed E-state index contributed by atoms with van der Waals surface area (Å²) in [4.78, 5) is 31.7. The van der Waals surface area contributed by atoms with Crippen molar-refractivity contribution in [1.82, 2.24) is 15.1 Å². The molecular weight excluding hydrogens is 451 g/mol. The Balaban J connectivity index is 1.60. The number of carbonyl (C=O) groups excluding carboxylic acids is 2. The summed E-state index contributed by atoms with van der Waals surface area (Å²) in [6.45, 7) is 4.99. The molecule has 0 radical (unpaired) electrons. The van der Waals surface area contributed by atoms with Crippen LogP contribution in [0.2, 0.25) is 0 Å². The van der Waals surface area contributed by atoms with Gasteiger partial charge in [0.1, 0.15) is 11.6 Å². The minimum absolute atomic E-state index is 0.226. The zero-order valence-corrected chi connectivity index (χ0v) is 20.3. The fourth-order valence-corrected chi connectivity index (χ4v) is 4.51. The van der Waals surface area contributed by atoms with E-state index < -0.39 is 12.0 Å². The molecule has 2 aliphatic rings. The number of para-hydroxylation sites is 1. The van der Waals surface area contributed by atoms with Crippen LogP contribution in [-0.4, -0.2) is 75.3 Å². The van der Waals surface area contributed by atoms with E-state index in [0.29, 0.717) is 55.4 Å². The minimum atomic E-state index is -0.640. The number of rotatable bonds is 7. The first-order chi connectivity index (χ1) is 16.9. The summed E-state index contributed by atoms with van der Waals surface area (Å²) in [6, 6.07) is 13.1. The number of hydrogen-bond donors (Lipinski definition) is 1. The van der Waals surface area contributed by atoms with Crippen LogP contribution in [0.3, 0.4) is 0 Å². The molecule has 35 heavy (non-hydrogen) atoms. The molecule has 2 aromatic rings. The molecule has 0 saturated carbocycles. The zero-order chi connectivity index (χ0) is 24.9. The molecule has 1 fully saturated rings. The van der Waals surface area contributed by atoms with E-state index in [0.717, 1.165) is 5.56 Å². The van der Waals surface area contributed by atoms with Crippen molar-refractivity contribution in [3.05, 3.63) is 71.2 Å². The van der Waals surface area contributed by atoms with Gasteiger partial charge in [0, 0.05) is 45.5 Å². The van der Waals surface area contributed by atoms with Gasteiger partial charge in [-0.3, -0.25) is 9.80 Å². The quantitative estimate of drug-likeness (QED) is 0.612. The van der Waals surface area contributed by atoms with Crippen LogP contribution in [0, 0.1) is 5.82 Å². The number of benzene rings is 2. The molecule has 2 heterocycles. The average Bonchev–Trinajstić information content (AvgIpc) is 2.87. The standard InChI is InChI=1S/C26H31FN4O4/c1-4-35-25(32)23-22(17-30-13-15-31(16-14-30)21-8-6-5-7-20(21)27)29(2)26(33)28-24(23)18-9-11-19(34-3)12-10-18/h5-12,24H,4,13-17H2,1-3H3,(H,28,33). The van der Waals surface area contributed by atoms with E-state index in [-0.39, 0.29) is 18.5 Å². The number of esters is 1. The van der Waals surface area contributed by atoms with E-state index in [1.807, 2.05) is 23.1 Å². The molecule has 2 aromatic carbocycles. The lowest BCUT2D eigenvalue weighted by Gasteiger charge is -2.40. The lowest BCUT2D eigenvalue weighted by atomic mass is 9.94. The highest BCUT2D eigenvalue weighted by atomic mass is 19.1. The zero-order valence-electron chi connectivity index (χ0n) is 20.3. The molecule has 0 bridgehead atoms. The summed E-state index contributed by atoms with van der Waals surface area (Å²) in [6.07, 6.45) is 0. The number of nitrogens with zero attached hydrogens (tertiary/aromatic N) is 3. The predicted molar refractivity (Wildman–Crippen MR) is 131 cm³/mol. The summed E-state index contributed by atoms with van der Waals surface area (Å²) in [7, 11) is 3.24. The number of hydrogen-bond acceptors (Lipinski definition) is 6. The molecule has 9 heteroatoms. The number of anilines is 1. The number of ether oxygens (including phenoxy) is 2. The predicted octanol–water partition coefficient (Wildman–Crippen LogP) is 3.17. The number of methoxy groups -OCH3 is 1. The smallest absolute Gasteiger partial charge is 0.338 e. The summed E-state index contributed by atoms with van der Waals surface area (Å²) in [5.74, 6) is -0.0120. The van der Waals surface area contributed by atoms with Crippen molar-refractivity contribution in [2.24, 2.45) is 0 Å². The highest BCUT2D eigenvalue weighted by molar-refractivity contribution is 5.95. The second kappa shape index (κ2) is 10.8. The number of likely N-dealkylation sites (N-methyl/N-ethyl adjacent to an activating group) is 1. The molecule has 1 saturated heterocycles. The van der Waals surface area contributed by atoms with Gasteiger partial charge in [-0.25, -0.2) is 14.0 Å². The van der Waals surface area contributed by atoms with E-state index in [9.17, 15) is 14.0 Å². The van der Waals surface area contributed by atoms with Crippen LogP contribution < -0.4 is 15.0 Å². The highest BCUT2D eigenvalue weighted by Crippen LogP contribution is 2.32. The third kappa shape index (κ3) is 5.24. The van der Waals surface area contributed by atoms with Gasteiger partial charge >= 0.3 is 12.0 Å². The van der Waals surface area contributed by atoms with E-state index in [4.69, 9.17) is 9.47 Å². The van der Waals surface area contributed by atoms with Gasteiger partial charge in [-0.1, -0.05) is 24.3 Å². The number of urea groups is 1. The second-order valence-corrected chi connectivity index (χ2v) is 8.51. The number of nitrogens with one attached hydrogen (secondary N) is 1. The Hall–Kier alpha value is -3.59. The largest absolute Gasteiger partial charge is 0.497 e. The number of amides is 2. The molecule has 4 rings (SSSR count). The molecule has 0 aromatic heterocycles. The molecule has 2 amide bonds. The van der Waals surface area contributed by atoms with Crippen molar-refractivity contribution in [2.75, 3.05) is 58.4 Å². The van der Waals surface area contributed by atoms with Gasteiger partial charge in [-0.15, -0.1) is 0 Å². The Labute approximate surface area is 204 Å². The molecule has 0 aliphatic carbocycles. The Morgan fingerprint density at radius 2 is 1.77 bits per heavy atom. The first-order valence-corrected chi connectivity index (χ1v) is 11.7. The molecule has 1 N–H and O–H groups in total. The first-order valence-electron chi connectivity index (χ1n) is 11.7. The van der Waals surface area contributed by atoms with E-state index in [1.54, 1.807) is 45.3 Å². The Morgan fingerprint density at radius 3 is 2.40 bits per heavy atom. The van der Waals surface area contributed by atoms with E-state index >= 15 is 0 Å². The van der Waals surface area contributed by atoms with Gasteiger partial charge in [0.15, 0.2) is 0 Å². The van der Waals surface area contributed by atoms with Gasteiger partial charge in [0.25, 0.3) is 0 Å². The summed E-state index contributed by atoms with van der Waals surface area (Å²) in [5.41, 5.74) is 2.37. The normalized spacial score (nSPS) is 19.0. The maximum atomic E-state index is 14.2. The molecule has 2 aliphatic heterocycles. The molecule has 0 spiro atoms. The van der Waals surface area contributed by atoms with Crippen molar-refractivity contribution < 1.29 is 23.5 Å². The molecular formula is C26H31FN4O4. The first kappa shape index (κ1) is 24.5. The Bertz CT molecular complexity index is 1100. The third-order valence-corrected chi connectivity index (χ3v) is 6.46. The minimum Gasteiger partial charge on any atom is -0.497 e. The lowest BCUT2D eigenvalue weighted by molar-refractivity contribution is -0.139. The van der Waals surface area contributed by atoms with Crippen LogP contribution in [0.4, 0.5) is 14.9 Å².